The molecule has 0 spiro atoms. The Hall–Kier alpha value is -1.81. The summed E-state index contributed by atoms with van der Waals surface area (Å²) in [6.07, 6.45) is 4.12. The second-order valence-electron chi connectivity index (χ2n) is 3.87. The molecule has 1 aromatic rings. The van der Waals surface area contributed by atoms with E-state index in [2.05, 4.69) is 5.32 Å². The van der Waals surface area contributed by atoms with Gasteiger partial charge in [-0.3, -0.25) is 0 Å². The molecule has 0 saturated heterocycles. The molecule has 1 aromatic carbocycles. The standard InChI is InChI=1S/C15H21NO3/c1-2-18-15(17)10-6-11-16-12-7-13-19-14-8-4-3-5-9-14/h3-6,8-10,16H,2,7,11-13H2,1H3/b10-6+. The van der Waals surface area contributed by atoms with E-state index in [1.807, 2.05) is 30.3 Å². The van der Waals surface area contributed by atoms with E-state index in [9.17, 15) is 4.79 Å². The Morgan fingerprint density at radius 3 is 2.84 bits per heavy atom. The predicted octanol–water partition coefficient (Wildman–Crippen LogP) is 2.16. The Balaban J connectivity index is 1.95. The van der Waals surface area contributed by atoms with Gasteiger partial charge in [0.05, 0.1) is 13.2 Å². The highest BCUT2D eigenvalue weighted by molar-refractivity contribution is 5.81. The second-order valence-corrected chi connectivity index (χ2v) is 3.87. The topological polar surface area (TPSA) is 47.6 Å². The number of hydrogen-bond acceptors (Lipinski definition) is 4. The number of carbonyl (C=O) groups is 1. The smallest absolute Gasteiger partial charge is 0.330 e. The summed E-state index contributed by atoms with van der Waals surface area (Å²) in [4.78, 5) is 11.0. The maximum absolute atomic E-state index is 11.0. The van der Waals surface area contributed by atoms with Gasteiger partial charge in [0.1, 0.15) is 5.75 Å². The number of hydrogen-bond donors (Lipinski definition) is 1. The van der Waals surface area contributed by atoms with Gasteiger partial charge in [0.2, 0.25) is 0 Å². The van der Waals surface area contributed by atoms with Crippen LogP contribution in [0.4, 0.5) is 0 Å². The molecule has 0 aliphatic rings. The molecule has 0 fully saturated rings. The third-order valence-electron chi connectivity index (χ3n) is 2.31. The molecule has 104 valence electrons. The van der Waals surface area contributed by atoms with Gasteiger partial charge in [-0.25, -0.2) is 4.79 Å². The first-order valence-corrected chi connectivity index (χ1v) is 6.54. The van der Waals surface area contributed by atoms with Crippen LogP contribution in [0.25, 0.3) is 0 Å². The van der Waals surface area contributed by atoms with Crippen LogP contribution in [-0.4, -0.2) is 32.3 Å². The molecular formula is C15H21NO3. The maximum atomic E-state index is 11.0. The van der Waals surface area contributed by atoms with E-state index in [0.717, 1.165) is 18.7 Å². The van der Waals surface area contributed by atoms with Gasteiger partial charge < -0.3 is 14.8 Å². The van der Waals surface area contributed by atoms with Crippen molar-refractivity contribution in [3.63, 3.8) is 0 Å². The third kappa shape index (κ3) is 8.00. The van der Waals surface area contributed by atoms with Gasteiger partial charge in [0, 0.05) is 12.6 Å². The number of esters is 1. The molecule has 4 heteroatoms. The Labute approximate surface area is 114 Å². The van der Waals surface area contributed by atoms with Crippen molar-refractivity contribution < 1.29 is 14.3 Å². The van der Waals surface area contributed by atoms with Crippen LogP contribution in [0.5, 0.6) is 5.75 Å². The number of nitrogens with one attached hydrogen (secondary N) is 1. The van der Waals surface area contributed by atoms with E-state index >= 15 is 0 Å². The fourth-order valence-corrected chi connectivity index (χ4v) is 1.43. The van der Waals surface area contributed by atoms with E-state index in [1.165, 1.54) is 6.08 Å². The van der Waals surface area contributed by atoms with Crippen molar-refractivity contribution >= 4 is 5.97 Å². The summed E-state index contributed by atoms with van der Waals surface area (Å²) >= 11 is 0. The minimum absolute atomic E-state index is 0.295. The zero-order chi connectivity index (χ0) is 13.8. The van der Waals surface area contributed by atoms with Crippen molar-refractivity contribution in [3.05, 3.63) is 42.5 Å². The molecule has 0 bridgehead atoms. The van der Waals surface area contributed by atoms with Crippen LogP contribution in [0.2, 0.25) is 0 Å². The van der Waals surface area contributed by atoms with Crippen molar-refractivity contribution in [2.24, 2.45) is 0 Å². The lowest BCUT2D eigenvalue weighted by molar-refractivity contribution is -0.137. The van der Waals surface area contributed by atoms with Crippen LogP contribution in [0.1, 0.15) is 13.3 Å². The summed E-state index contributed by atoms with van der Waals surface area (Å²) in [6, 6.07) is 9.75. The van der Waals surface area contributed by atoms with Crippen LogP contribution in [0.15, 0.2) is 42.5 Å². The first kappa shape index (κ1) is 15.2. The van der Waals surface area contributed by atoms with Gasteiger partial charge in [-0.1, -0.05) is 24.3 Å². The van der Waals surface area contributed by atoms with Crippen LogP contribution in [0.3, 0.4) is 0 Å². The lowest BCUT2D eigenvalue weighted by Gasteiger charge is -2.05. The van der Waals surface area contributed by atoms with E-state index < -0.39 is 0 Å². The fraction of sp³-hybridized carbons (Fsp3) is 0.400. The number of benzene rings is 1. The summed E-state index contributed by atoms with van der Waals surface area (Å²) in [5.74, 6) is 0.599. The molecule has 0 saturated carbocycles. The molecular weight excluding hydrogens is 242 g/mol. The van der Waals surface area contributed by atoms with Gasteiger partial charge in [0.15, 0.2) is 0 Å². The number of ether oxygens (including phenoxy) is 2. The fourth-order valence-electron chi connectivity index (χ4n) is 1.43. The molecule has 0 amide bonds. The molecule has 0 atom stereocenters. The van der Waals surface area contributed by atoms with E-state index in [0.29, 0.717) is 19.8 Å². The van der Waals surface area contributed by atoms with Crippen LogP contribution in [0, 0.1) is 0 Å². The summed E-state index contributed by atoms with van der Waals surface area (Å²) in [5.41, 5.74) is 0. The molecule has 0 radical (unpaired) electrons. The summed E-state index contributed by atoms with van der Waals surface area (Å²) in [7, 11) is 0. The van der Waals surface area contributed by atoms with Gasteiger partial charge in [0.25, 0.3) is 0 Å². The van der Waals surface area contributed by atoms with E-state index in [4.69, 9.17) is 9.47 Å². The molecule has 0 aliphatic heterocycles. The van der Waals surface area contributed by atoms with E-state index in [1.54, 1.807) is 13.0 Å². The third-order valence-corrected chi connectivity index (χ3v) is 2.31. The lowest BCUT2D eigenvalue weighted by Crippen LogP contribution is -2.17. The Morgan fingerprint density at radius 1 is 1.32 bits per heavy atom. The zero-order valence-electron chi connectivity index (χ0n) is 11.3. The molecule has 0 aromatic heterocycles. The lowest BCUT2D eigenvalue weighted by atomic mass is 10.3. The van der Waals surface area contributed by atoms with E-state index in [-0.39, 0.29) is 5.97 Å². The van der Waals surface area contributed by atoms with Crippen molar-refractivity contribution in [3.8, 4) is 5.75 Å². The molecule has 19 heavy (non-hydrogen) atoms. The molecule has 0 aliphatic carbocycles. The zero-order valence-corrected chi connectivity index (χ0v) is 11.3. The monoisotopic (exact) mass is 263 g/mol. The Kier molecular flexibility index (Phi) is 8.14. The minimum atomic E-state index is -0.295. The van der Waals surface area contributed by atoms with Gasteiger partial charge in [-0.15, -0.1) is 0 Å². The van der Waals surface area contributed by atoms with Crippen molar-refractivity contribution in [1.82, 2.24) is 5.32 Å². The minimum Gasteiger partial charge on any atom is -0.494 e. The predicted molar refractivity (Wildman–Crippen MR) is 75.2 cm³/mol. The number of para-hydroxylation sites is 1. The summed E-state index contributed by atoms with van der Waals surface area (Å²) in [6.45, 7) is 4.38. The van der Waals surface area contributed by atoms with Gasteiger partial charge >= 0.3 is 5.97 Å². The van der Waals surface area contributed by atoms with Crippen molar-refractivity contribution in [2.45, 2.75) is 13.3 Å². The SMILES string of the molecule is CCOC(=O)/C=C/CNCCCOc1ccccc1. The normalized spacial score (nSPS) is 10.6. The molecule has 0 heterocycles. The quantitative estimate of drug-likeness (QED) is 0.421. The second kappa shape index (κ2) is 10.1. The van der Waals surface area contributed by atoms with Crippen molar-refractivity contribution in [2.75, 3.05) is 26.3 Å². The largest absolute Gasteiger partial charge is 0.494 e. The highest BCUT2D eigenvalue weighted by Gasteiger charge is 1.93. The highest BCUT2D eigenvalue weighted by atomic mass is 16.5. The maximum Gasteiger partial charge on any atom is 0.330 e. The Morgan fingerprint density at radius 2 is 2.11 bits per heavy atom. The number of rotatable bonds is 9. The van der Waals surface area contributed by atoms with Gasteiger partial charge in [-0.2, -0.15) is 0 Å². The van der Waals surface area contributed by atoms with Gasteiger partial charge in [-0.05, 0) is 32.0 Å². The van der Waals surface area contributed by atoms with Crippen molar-refractivity contribution in [1.29, 1.82) is 0 Å². The summed E-state index contributed by atoms with van der Waals surface area (Å²) in [5, 5.41) is 3.19. The first-order valence-electron chi connectivity index (χ1n) is 6.54. The number of carbonyl (C=O) groups excluding carboxylic acids is 1. The molecule has 1 rings (SSSR count). The highest BCUT2D eigenvalue weighted by Crippen LogP contribution is 2.07. The van der Waals surface area contributed by atoms with Crippen LogP contribution >= 0.6 is 0 Å². The van der Waals surface area contributed by atoms with Crippen LogP contribution < -0.4 is 10.1 Å². The molecule has 1 N–H and O–H groups in total. The van der Waals surface area contributed by atoms with Crippen LogP contribution in [-0.2, 0) is 9.53 Å². The average Bonchev–Trinajstić information content (AvgIpc) is 2.43. The summed E-state index contributed by atoms with van der Waals surface area (Å²) < 4.78 is 10.3. The first-order chi connectivity index (χ1) is 9.33. The molecule has 0 unspecified atom stereocenters. The Bertz CT molecular complexity index is 376. The molecule has 4 nitrogen and oxygen atoms in total. The average molecular weight is 263 g/mol.